The van der Waals surface area contributed by atoms with Crippen molar-refractivity contribution in [3.05, 3.63) is 69.2 Å². The molecule has 140 valence electrons. The van der Waals surface area contributed by atoms with E-state index in [9.17, 15) is 9.18 Å². The van der Waals surface area contributed by atoms with E-state index in [1.807, 2.05) is 19.9 Å². The van der Waals surface area contributed by atoms with Crippen LogP contribution < -0.4 is 0 Å². The van der Waals surface area contributed by atoms with Crippen LogP contribution in [0.15, 0.2) is 51.4 Å². The summed E-state index contributed by atoms with van der Waals surface area (Å²) in [4.78, 5) is 14.3. The molecule has 1 aromatic heterocycles. The maximum absolute atomic E-state index is 14.2. The minimum atomic E-state index is -0.595. The van der Waals surface area contributed by atoms with Crippen molar-refractivity contribution in [2.75, 3.05) is 0 Å². The first kappa shape index (κ1) is 19.5. The van der Waals surface area contributed by atoms with Gasteiger partial charge in [-0.05, 0) is 44.2 Å². The second-order valence-corrected chi connectivity index (χ2v) is 7.45. The fraction of sp³-hybridized carbons (Fsp3) is 0.211. The van der Waals surface area contributed by atoms with Crippen molar-refractivity contribution in [1.29, 1.82) is 0 Å². The molecule has 3 rings (SSSR count). The van der Waals surface area contributed by atoms with E-state index in [-0.39, 0.29) is 29.9 Å². The zero-order valence-corrected chi connectivity index (χ0v) is 17.0. The summed E-state index contributed by atoms with van der Waals surface area (Å²) in [7, 11) is 0. The number of amides is 1. The van der Waals surface area contributed by atoms with Crippen molar-refractivity contribution in [1.82, 2.24) is 15.1 Å². The van der Waals surface area contributed by atoms with Crippen molar-refractivity contribution in [3.8, 4) is 11.5 Å². The maximum Gasteiger partial charge on any atom is 0.257 e. The van der Waals surface area contributed by atoms with Gasteiger partial charge in [0, 0.05) is 10.5 Å². The number of nitrogens with zero attached hydrogens (tertiary/aromatic N) is 3. The molecule has 0 aliphatic carbocycles. The Morgan fingerprint density at radius 1 is 1.26 bits per heavy atom. The van der Waals surface area contributed by atoms with Crippen LogP contribution in [0.1, 0.15) is 30.1 Å². The molecule has 0 aliphatic rings. The zero-order chi connectivity index (χ0) is 19.6. The minimum Gasteiger partial charge on any atom is -0.419 e. The number of hydrogen-bond donors (Lipinski definition) is 0. The van der Waals surface area contributed by atoms with Crippen LogP contribution in [0.25, 0.3) is 11.5 Å². The van der Waals surface area contributed by atoms with E-state index < -0.39 is 11.7 Å². The van der Waals surface area contributed by atoms with Crippen molar-refractivity contribution < 1.29 is 13.6 Å². The molecule has 0 spiro atoms. The van der Waals surface area contributed by atoms with E-state index in [4.69, 9.17) is 16.0 Å². The van der Waals surface area contributed by atoms with Gasteiger partial charge in [-0.3, -0.25) is 4.79 Å². The van der Waals surface area contributed by atoms with Gasteiger partial charge in [-0.15, -0.1) is 10.2 Å². The van der Waals surface area contributed by atoms with Gasteiger partial charge in [0.2, 0.25) is 11.8 Å². The summed E-state index contributed by atoms with van der Waals surface area (Å²) in [6.45, 7) is 3.73. The van der Waals surface area contributed by atoms with Gasteiger partial charge in [0.05, 0.1) is 22.7 Å². The molecular formula is C19H16BrClFN3O2. The SMILES string of the molecule is CC(C)N(Cc1nnc(-c2ccccc2Cl)o1)C(=O)c1ccc(Br)cc1F. The van der Waals surface area contributed by atoms with E-state index in [2.05, 4.69) is 26.1 Å². The fourth-order valence-corrected chi connectivity index (χ4v) is 3.06. The van der Waals surface area contributed by atoms with Crippen molar-refractivity contribution in [3.63, 3.8) is 0 Å². The van der Waals surface area contributed by atoms with Crippen LogP contribution >= 0.6 is 27.5 Å². The summed E-state index contributed by atoms with van der Waals surface area (Å²) in [5, 5.41) is 8.49. The molecule has 5 nitrogen and oxygen atoms in total. The molecule has 3 aromatic rings. The third-order valence-electron chi connectivity index (χ3n) is 3.92. The molecule has 0 fully saturated rings. The molecule has 0 unspecified atom stereocenters. The van der Waals surface area contributed by atoms with Gasteiger partial charge >= 0.3 is 0 Å². The number of benzene rings is 2. The third-order valence-corrected chi connectivity index (χ3v) is 4.75. The molecule has 2 aromatic carbocycles. The van der Waals surface area contributed by atoms with Crippen LogP contribution in [0.3, 0.4) is 0 Å². The molecule has 0 aliphatic heterocycles. The molecule has 27 heavy (non-hydrogen) atoms. The largest absolute Gasteiger partial charge is 0.419 e. The average molecular weight is 453 g/mol. The van der Waals surface area contributed by atoms with Crippen LogP contribution in [-0.4, -0.2) is 27.0 Å². The predicted octanol–water partition coefficient (Wildman–Crippen LogP) is 5.34. The lowest BCUT2D eigenvalue weighted by molar-refractivity contribution is 0.0667. The summed E-state index contributed by atoms with van der Waals surface area (Å²) in [5.41, 5.74) is 0.594. The highest BCUT2D eigenvalue weighted by molar-refractivity contribution is 9.10. The highest BCUT2D eigenvalue weighted by Crippen LogP contribution is 2.27. The van der Waals surface area contributed by atoms with Crippen LogP contribution in [0, 0.1) is 5.82 Å². The average Bonchev–Trinajstić information content (AvgIpc) is 3.08. The number of halogens is 3. The molecule has 1 heterocycles. The smallest absolute Gasteiger partial charge is 0.257 e. The van der Waals surface area contributed by atoms with E-state index in [1.165, 1.54) is 17.0 Å². The van der Waals surface area contributed by atoms with Gasteiger partial charge in [0.1, 0.15) is 5.82 Å². The lowest BCUT2D eigenvalue weighted by atomic mass is 10.1. The molecule has 1 amide bonds. The van der Waals surface area contributed by atoms with Gasteiger partial charge in [-0.1, -0.05) is 39.7 Å². The molecule has 0 bridgehead atoms. The van der Waals surface area contributed by atoms with Crippen LogP contribution in [-0.2, 0) is 6.54 Å². The van der Waals surface area contributed by atoms with Crippen LogP contribution in [0.2, 0.25) is 5.02 Å². The van der Waals surface area contributed by atoms with Crippen LogP contribution in [0.5, 0.6) is 0 Å². The third kappa shape index (κ3) is 4.36. The number of rotatable bonds is 5. The number of carbonyl (C=O) groups is 1. The van der Waals surface area contributed by atoms with Gasteiger partial charge in [-0.25, -0.2) is 4.39 Å². The number of hydrogen-bond acceptors (Lipinski definition) is 4. The molecule has 0 radical (unpaired) electrons. The Morgan fingerprint density at radius 3 is 2.67 bits per heavy atom. The summed E-state index contributed by atoms with van der Waals surface area (Å²) >= 11 is 9.33. The Hall–Kier alpha value is -2.25. The molecular weight excluding hydrogens is 437 g/mol. The zero-order valence-electron chi connectivity index (χ0n) is 14.6. The molecule has 8 heteroatoms. The molecule has 0 saturated heterocycles. The van der Waals surface area contributed by atoms with Crippen molar-refractivity contribution in [2.45, 2.75) is 26.4 Å². The second kappa shape index (κ2) is 8.19. The van der Waals surface area contributed by atoms with E-state index in [0.29, 0.717) is 15.1 Å². The standard InChI is InChI=1S/C19H16BrClFN3O2/c1-11(2)25(19(26)14-8-7-12(20)9-16(14)22)10-17-23-24-18(27-17)13-5-3-4-6-15(13)21/h3-9,11H,10H2,1-2H3. The fourth-order valence-electron chi connectivity index (χ4n) is 2.51. The quantitative estimate of drug-likeness (QED) is 0.524. The normalized spacial score (nSPS) is 11.0. The topological polar surface area (TPSA) is 59.2 Å². The lowest BCUT2D eigenvalue weighted by Gasteiger charge is -2.25. The van der Waals surface area contributed by atoms with Crippen molar-refractivity contribution >= 4 is 33.4 Å². The summed E-state index contributed by atoms with van der Waals surface area (Å²) in [6.07, 6.45) is 0. The second-order valence-electron chi connectivity index (χ2n) is 6.13. The van der Waals surface area contributed by atoms with E-state index >= 15 is 0 Å². The Labute approximate surface area is 169 Å². The summed E-state index contributed by atoms with van der Waals surface area (Å²) in [6, 6.07) is 11.2. The number of aromatic nitrogens is 2. The van der Waals surface area contributed by atoms with Gasteiger partial charge in [-0.2, -0.15) is 0 Å². The van der Waals surface area contributed by atoms with Gasteiger partial charge in [0.25, 0.3) is 5.91 Å². The predicted molar refractivity (Wildman–Crippen MR) is 104 cm³/mol. The molecule has 0 saturated carbocycles. The Kier molecular flexibility index (Phi) is 5.92. The number of carbonyl (C=O) groups excluding carboxylic acids is 1. The van der Waals surface area contributed by atoms with Crippen LogP contribution in [0.4, 0.5) is 4.39 Å². The Morgan fingerprint density at radius 2 is 2.00 bits per heavy atom. The van der Waals surface area contributed by atoms with Crippen molar-refractivity contribution in [2.24, 2.45) is 0 Å². The first-order valence-corrected chi connectivity index (χ1v) is 9.37. The van der Waals surface area contributed by atoms with Gasteiger partial charge < -0.3 is 9.32 Å². The summed E-state index contributed by atoms with van der Waals surface area (Å²) < 4.78 is 20.4. The van der Waals surface area contributed by atoms with E-state index in [1.54, 1.807) is 24.3 Å². The van der Waals surface area contributed by atoms with Gasteiger partial charge in [0.15, 0.2) is 0 Å². The maximum atomic E-state index is 14.2. The summed E-state index contributed by atoms with van der Waals surface area (Å²) in [5.74, 6) is -0.541. The Balaban J connectivity index is 1.85. The molecule has 0 N–H and O–H groups in total. The monoisotopic (exact) mass is 451 g/mol. The highest BCUT2D eigenvalue weighted by atomic mass is 79.9. The Bertz CT molecular complexity index is 977. The van der Waals surface area contributed by atoms with E-state index in [0.717, 1.165) is 0 Å². The highest BCUT2D eigenvalue weighted by Gasteiger charge is 2.24. The minimum absolute atomic E-state index is 0.0160. The molecule has 0 atom stereocenters. The first-order chi connectivity index (χ1) is 12.9. The lowest BCUT2D eigenvalue weighted by Crippen LogP contribution is -2.37. The first-order valence-electron chi connectivity index (χ1n) is 8.20.